The molecule has 4 aliphatic carbocycles. The van der Waals surface area contributed by atoms with Crippen molar-refractivity contribution in [3.63, 3.8) is 0 Å². The van der Waals surface area contributed by atoms with E-state index in [4.69, 9.17) is 9.47 Å². The number of carbonyl (C=O) groups excluding carboxylic acids is 2. The highest BCUT2D eigenvalue weighted by Crippen LogP contribution is 2.76. The minimum atomic E-state index is -2.32. The highest BCUT2D eigenvalue weighted by Gasteiger charge is 2.86. The van der Waals surface area contributed by atoms with E-state index in [0.29, 0.717) is 5.57 Å². The summed E-state index contributed by atoms with van der Waals surface area (Å²) < 4.78 is 11.0. The van der Waals surface area contributed by atoms with Gasteiger partial charge >= 0.3 is 5.97 Å². The lowest BCUT2D eigenvalue weighted by molar-refractivity contribution is -0.461. The Morgan fingerprint density at radius 3 is 2.52 bits per heavy atom. The van der Waals surface area contributed by atoms with Crippen LogP contribution in [0.5, 0.6) is 0 Å². The molecule has 0 aromatic carbocycles. The SMILES string of the molecule is C=C1C(=O)[C@]23C[C@H]1C[C@@H](O)[C@H]2[C@@]12CO[C@]3(O)[C@@H](O)[C@@H]1[C@@](C)(COC(C)=O)[C@H](O)C[C@H]2O. The normalized spacial score (nSPS) is 57.5. The van der Waals surface area contributed by atoms with E-state index in [1.165, 1.54) is 6.92 Å². The average molecular weight is 438 g/mol. The molecule has 2 heterocycles. The monoisotopic (exact) mass is 438 g/mol. The Morgan fingerprint density at radius 1 is 1.19 bits per heavy atom. The maximum Gasteiger partial charge on any atom is 0.302 e. The third-order valence-corrected chi connectivity index (χ3v) is 9.38. The average Bonchev–Trinajstić information content (AvgIpc) is 2.89. The Kier molecular flexibility index (Phi) is 4.26. The van der Waals surface area contributed by atoms with Gasteiger partial charge in [-0.25, -0.2) is 0 Å². The first kappa shape index (κ1) is 21.5. The highest BCUT2D eigenvalue weighted by atomic mass is 16.6. The maximum absolute atomic E-state index is 13.5. The summed E-state index contributed by atoms with van der Waals surface area (Å²) in [7, 11) is 0. The number of allylic oxidation sites excluding steroid dienone is 1. The zero-order chi connectivity index (χ0) is 22.7. The molecule has 0 aromatic heterocycles. The van der Waals surface area contributed by atoms with Crippen LogP contribution in [0, 0.1) is 34.0 Å². The number of esters is 1. The Bertz CT molecular complexity index is 873. The first-order chi connectivity index (χ1) is 14.4. The summed E-state index contributed by atoms with van der Waals surface area (Å²) in [6, 6.07) is 0. The van der Waals surface area contributed by atoms with Crippen molar-refractivity contribution in [3.8, 4) is 0 Å². The fourth-order valence-electron chi connectivity index (χ4n) is 8.12. The van der Waals surface area contributed by atoms with Crippen LogP contribution >= 0.6 is 0 Å². The van der Waals surface area contributed by atoms with E-state index in [1.807, 2.05) is 0 Å². The van der Waals surface area contributed by atoms with Gasteiger partial charge in [-0.3, -0.25) is 9.59 Å². The lowest BCUT2D eigenvalue weighted by Crippen LogP contribution is -2.86. The molecule has 6 aliphatic rings. The van der Waals surface area contributed by atoms with Crippen molar-refractivity contribution in [3.05, 3.63) is 12.2 Å². The van der Waals surface area contributed by atoms with Crippen molar-refractivity contribution in [2.24, 2.45) is 34.0 Å². The van der Waals surface area contributed by atoms with Gasteiger partial charge in [-0.2, -0.15) is 0 Å². The quantitative estimate of drug-likeness (QED) is 0.267. The van der Waals surface area contributed by atoms with Gasteiger partial charge < -0.3 is 35.0 Å². The first-order valence-corrected chi connectivity index (χ1v) is 10.8. The Balaban J connectivity index is 1.74. The number of ketones is 1. The molecule has 4 saturated carbocycles. The molecule has 9 nitrogen and oxygen atoms in total. The Morgan fingerprint density at radius 2 is 1.87 bits per heavy atom. The second kappa shape index (κ2) is 6.15. The van der Waals surface area contributed by atoms with Crippen molar-refractivity contribution in [1.29, 1.82) is 0 Å². The van der Waals surface area contributed by atoms with Crippen LogP contribution in [0.25, 0.3) is 0 Å². The van der Waals surface area contributed by atoms with Crippen molar-refractivity contribution in [1.82, 2.24) is 0 Å². The number of fused-ring (bicyclic) bond motifs is 2. The number of hydrogen-bond donors (Lipinski definition) is 5. The van der Waals surface area contributed by atoms with Crippen molar-refractivity contribution >= 4 is 11.8 Å². The minimum Gasteiger partial charge on any atom is -0.465 e. The fraction of sp³-hybridized carbons (Fsp3) is 0.818. The molecule has 2 aliphatic heterocycles. The van der Waals surface area contributed by atoms with Crippen molar-refractivity contribution in [2.45, 2.75) is 63.3 Å². The van der Waals surface area contributed by atoms with Crippen LogP contribution in [0.1, 0.15) is 33.1 Å². The van der Waals surface area contributed by atoms with E-state index >= 15 is 0 Å². The van der Waals surface area contributed by atoms with Gasteiger partial charge in [0.25, 0.3) is 0 Å². The van der Waals surface area contributed by atoms with Crippen molar-refractivity contribution < 1.29 is 44.6 Å². The van der Waals surface area contributed by atoms with Gasteiger partial charge in [0.2, 0.25) is 5.79 Å². The molecule has 11 atom stereocenters. The Labute approximate surface area is 179 Å². The van der Waals surface area contributed by atoms with Crippen LogP contribution in [0.2, 0.25) is 0 Å². The van der Waals surface area contributed by atoms with Crippen LogP contribution in [0.15, 0.2) is 12.2 Å². The molecule has 0 radical (unpaired) electrons. The third kappa shape index (κ3) is 2.13. The molecule has 2 spiro atoms. The van der Waals surface area contributed by atoms with E-state index in [-0.39, 0.29) is 38.4 Å². The van der Waals surface area contributed by atoms with E-state index in [9.17, 15) is 35.1 Å². The summed E-state index contributed by atoms with van der Waals surface area (Å²) in [6.07, 6.45) is -4.77. The summed E-state index contributed by atoms with van der Waals surface area (Å²) >= 11 is 0. The van der Waals surface area contributed by atoms with Gasteiger partial charge in [-0.1, -0.05) is 13.5 Å². The van der Waals surface area contributed by atoms with Crippen LogP contribution < -0.4 is 0 Å². The Hall–Kier alpha value is -1.36. The molecule has 6 rings (SSSR count). The molecule has 31 heavy (non-hydrogen) atoms. The highest BCUT2D eigenvalue weighted by molar-refractivity contribution is 6.04. The standard InChI is InChI=1S/C22H30O9/c1-9-11-4-12(24)15-20-8-31-22(29,21(15,6-11)17(9)27)18(28)16(20)19(3,7-30-10(2)23)13(25)5-14(20)26/h11-16,18,24-26,28-29H,1,4-8H2,2-3H3/t11-,12-,13-,14-,15+,16-,18+,19+,20+,21+,22-/m1/s1. The van der Waals surface area contributed by atoms with Gasteiger partial charge in [0.15, 0.2) is 5.78 Å². The van der Waals surface area contributed by atoms with Crippen LogP contribution in [0.4, 0.5) is 0 Å². The number of ether oxygens (including phenoxy) is 2. The van der Waals surface area contributed by atoms with E-state index < -0.39 is 70.0 Å². The number of rotatable bonds is 2. The van der Waals surface area contributed by atoms with Gasteiger partial charge in [-0.15, -0.1) is 0 Å². The number of hydrogen-bond acceptors (Lipinski definition) is 9. The molecule has 172 valence electrons. The predicted octanol–water partition coefficient (Wildman–Crippen LogP) is -1.11. The summed E-state index contributed by atoms with van der Waals surface area (Å²) in [5, 5.41) is 56.8. The van der Waals surface area contributed by atoms with Crippen LogP contribution in [-0.4, -0.2) is 80.7 Å². The molecule has 9 heteroatoms. The maximum atomic E-state index is 13.5. The molecule has 0 aromatic rings. The van der Waals surface area contributed by atoms with Gasteiger partial charge in [0.05, 0.1) is 36.9 Å². The molecule has 2 saturated heterocycles. The summed E-state index contributed by atoms with van der Waals surface area (Å²) in [6.45, 7) is 6.28. The number of carbonyl (C=O) groups is 2. The predicted molar refractivity (Wildman–Crippen MR) is 103 cm³/mol. The summed E-state index contributed by atoms with van der Waals surface area (Å²) in [4.78, 5) is 25.0. The van der Waals surface area contributed by atoms with Crippen LogP contribution in [-0.2, 0) is 19.1 Å². The topological polar surface area (TPSA) is 154 Å². The fourth-order valence-corrected chi connectivity index (χ4v) is 8.12. The summed E-state index contributed by atoms with van der Waals surface area (Å²) in [5.41, 5.74) is -3.92. The zero-order valence-electron chi connectivity index (χ0n) is 17.7. The number of Topliss-reactive ketones (excluding diaryl/α,β-unsaturated/α-hetero) is 1. The summed E-state index contributed by atoms with van der Waals surface area (Å²) in [5.74, 6) is -5.59. The molecule has 4 bridgehead atoms. The van der Waals surface area contributed by atoms with Gasteiger partial charge in [0.1, 0.15) is 6.10 Å². The van der Waals surface area contributed by atoms with Crippen molar-refractivity contribution in [2.75, 3.05) is 13.2 Å². The molecule has 0 amide bonds. The second-order valence-corrected chi connectivity index (χ2v) is 10.6. The third-order valence-electron chi connectivity index (χ3n) is 9.38. The van der Waals surface area contributed by atoms with Crippen LogP contribution in [0.3, 0.4) is 0 Å². The lowest BCUT2D eigenvalue weighted by atomic mass is 9.35. The number of aliphatic hydroxyl groups excluding tert-OH is 4. The minimum absolute atomic E-state index is 0.110. The van der Waals surface area contributed by atoms with E-state index in [2.05, 4.69) is 6.58 Å². The smallest absolute Gasteiger partial charge is 0.302 e. The molecular weight excluding hydrogens is 408 g/mol. The second-order valence-electron chi connectivity index (χ2n) is 10.6. The lowest BCUT2D eigenvalue weighted by Gasteiger charge is -2.75. The first-order valence-electron chi connectivity index (χ1n) is 10.8. The molecular formula is C22H30O9. The van der Waals surface area contributed by atoms with Gasteiger partial charge in [0, 0.05) is 36.0 Å². The van der Waals surface area contributed by atoms with Gasteiger partial charge in [-0.05, 0) is 24.3 Å². The largest absolute Gasteiger partial charge is 0.465 e. The van der Waals surface area contributed by atoms with E-state index in [1.54, 1.807) is 6.92 Å². The number of aliphatic hydroxyl groups is 5. The molecule has 6 fully saturated rings. The van der Waals surface area contributed by atoms with E-state index in [0.717, 1.165) is 0 Å². The zero-order valence-corrected chi connectivity index (χ0v) is 17.7. The molecule has 5 N–H and O–H groups in total. The molecule has 0 unspecified atom stereocenters.